The first-order valence-corrected chi connectivity index (χ1v) is 7.10. The molecule has 0 atom stereocenters. The van der Waals surface area contributed by atoms with Gasteiger partial charge in [-0.15, -0.1) is 0 Å². The minimum atomic E-state index is -0.218. The molecular weight excluding hydrogens is 282 g/mol. The molecule has 116 valence electrons. The van der Waals surface area contributed by atoms with Crippen molar-refractivity contribution in [3.8, 4) is 11.3 Å². The third kappa shape index (κ3) is 4.53. The highest BCUT2D eigenvalue weighted by atomic mass is 16.5. The van der Waals surface area contributed by atoms with E-state index in [0.717, 1.165) is 5.56 Å². The largest absolute Gasteiger partial charge is 0.383 e. The van der Waals surface area contributed by atoms with Crippen molar-refractivity contribution in [2.75, 3.05) is 20.3 Å². The summed E-state index contributed by atoms with van der Waals surface area (Å²) >= 11 is 0. The Bertz CT molecular complexity index is 668. The second-order valence-electron chi connectivity index (χ2n) is 4.74. The Morgan fingerprint density at radius 1 is 1.23 bits per heavy atom. The first kappa shape index (κ1) is 15.9. The fourth-order valence-corrected chi connectivity index (χ4v) is 1.96. The molecule has 0 bridgehead atoms. The van der Waals surface area contributed by atoms with E-state index in [0.29, 0.717) is 18.8 Å². The molecule has 0 aliphatic rings. The van der Waals surface area contributed by atoms with Crippen LogP contribution >= 0.6 is 0 Å². The molecule has 0 aliphatic heterocycles. The van der Waals surface area contributed by atoms with Gasteiger partial charge in [0, 0.05) is 31.7 Å². The lowest BCUT2D eigenvalue weighted by Crippen LogP contribution is -2.30. The fourth-order valence-electron chi connectivity index (χ4n) is 1.96. The number of aromatic nitrogens is 2. The number of benzene rings is 1. The predicted octanol–water partition coefficient (Wildman–Crippen LogP) is 1.06. The van der Waals surface area contributed by atoms with Gasteiger partial charge in [-0.25, -0.2) is 4.68 Å². The number of nitrogens with one attached hydrogen (secondary N) is 1. The van der Waals surface area contributed by atoms with Gasteiger partial charge in [-0.05, 0) is 6.07 Å². The quantitative estimate of drug-likeness (QED) is 0.776. The Morgan fingerprint density at radius 2 is 2.00 bits per heavy atom. The second-order valence-corrected chi connectivity index (χ2v) is 4.74. The normalized spacial score (nSPS) is 10.4. The molecule has 0 saturated heterocycles. The zero-order chi connectivity index (χ0) is 15.8. The fraction of sp³-hybridized carbons (Fsp3) is 0.312. The molecule has 6 nitrogen and oxygen atoms in total. The van der Waals surface area contributed by atoms with Crippen LogP contribution in [0.5, 0.6) is 0 Å². The van der Waals surface area contributed by atoms with Crippen molar-refractivity contribution in [3.63, 3.8) is 0 Å². The summed E-state index contributed by atoms with van der Waals surface area (Å²) in [6.07, 6.45) is 0.203. The van der Waals surface area contributed by atoms with Crippen molar-refractivity contribution in [3.05, 3.63) is 52.8 Å². The molecule has 22 heavy (non-hydrogen) atoms. The number of rotatable bonds is 7. The molecule has 2 aromatic rings. The Hall–Kier alpha value is -2.47. The maximum atomic E-state index is 11.8. The van der Waals surface area contributed by atoms with Crippen LogP contribution in [0.4, 0.5) is 0 Å². The molecule has 1 aromatic heterocycles. The number of ether oxygens (including phenoxy) is 1. The molecule has 1 amide bonds. The summed E-state index contributed by atoms with van der Waals surface area (Å²) in [5.41, 5.74) is 1.42. The number of hydrogen-bond acceptors (Lipinski definition) is 4. The maximum absolute atomic E-state index is 11.8. The van der Waals surface area contributed by atoms with E-state index in [1.54, 1.807) is 13.2 Å². The van der Waals surface area contributed by atoms with Gasteiger partial charge in [-0.2, -0.15) is 5.10 Å². The Labute approximate surface area is 128 Å². The van der Waals surface area contributed by atoms with E-state index in [-0.39, 0.29) is 24.4 Å². The topological polar surface area (TPSA) is 73.2 Å². The average molecular weight is 301 g/mol. The Morgan fingerprint density at radius 3 is 2.73 bits per heavy atom. The van der Waals surface area contributed by atoms with Crippen molar-refractivity contribution >= 4 is 5.91 Å². The minimum Gasteiger partial charge on any atom is -0.383 e. The van der Waals surface area contributed by atoms with E-state index in [9.17, 15) is 9.59 Å². The summed E-state index contributed by atoms with van der Waals surface area (Å²) in [6.45, 7) is 1.17. The summed E-state index contributed by atoms with van der Waals surface area (Å²) < 4.78 is 6.17. The highest BCUT2D eigenvalue weighted by Crippen LogP contribution is 2.13. The van der Waals surface area contributed by atoms with Crippen molar-refractivity contribution in [1.29, 1.82) is 0 Å². The van der Waals surface area contributed by atoms with Crippen LogP contribution < -0.4 is 10.9 Å². The van der Waals surface area contributed by atoms with Gasteiger partial charge < -0.3 is 10.1 Å². The van der Waals surface area contributed by atoms with Crippen molar-refractivity contribution in [2.45, 2.75) is 13.0 Å². The van der Waals surface area contributed by atoms with Gasteiger partial charge >= 0.3 is 0 Å². The van der Waals surface area contributed by atoms with E-state index in [1.807, 2.05) is 30.3 Å². The molecule has 1 aromatic carbocycles. The van der Waals surface area contributed by atoms with Gasteiger partial charge in [0.05, 0.1) is 18.8 Å². The van der Waals surface area contributed by atoms with Crippen LogP contribution in [0.15, 0.2) is 47.3 Å². The summed E-state index contributed by atoms with van der Waals surface area (Å²) in [4.78, 5) is 23.5. The first-order chi connectivity index (χ1) is 10.7. The van der Waals surface area contributed by atoms with Gasteiger partial charge in [-0.1, -0.05) is 30.3 Å². The second kappa shape index (κ2) is 8.09. The molecule has 0 fully saturated rings. The lowest BCUT2D eigenvalue weighted by atomic mass is 10.1. The standard InChI is InChI=1S/C16H19N3O3/c1-22-12-10-17-15(20)9-11-19-16(21)8-7-14(18-19)13-5-3-2-4-6-13/h2-8H,9-12H2,1H3,(H,17,20). The number of methoxy groups -OCH3 is 1. The van der Waals surface area contributed by atoms with Crippen LogP contribution in [0.25, 0.3) is 11.3 Å². The monoisotopic (exact) mass is 301 g/mol. The van der Waals surface area contributed by atoms with Gasteiger partial charge in [0.25, 0.3) is 5.56 Å². The third-order valence-corrected chi connectivity index (χ3v) is 3.12. The third-order valence-electron chi connectivity index (χ3n) is 3.12. The molecule has 2 rings (SSSR count). The van der Waals surface area contributed by atoms with Crippen LogP contribution in [0.2, 0.25) is 0 Å². The van der Waals surface area contributed by atoms with Crippen LogP contribution in [0, 0.1) is 0 Å². The van der Waals surface area contributed by atoms with Crippen molar-refractivity contribution in [2.24, 2.45) is 0 Å². The number of aryl methyl sites for hydroxylation is 1. The highest BCUT2D eigenvalue weighted by Gasteiger charge is 2.06. The van der Waals surface area contributed by atoms with Crippen LogP contribution in [-0.2, 0) is 16.1 Å². The summed E-state index contributed by atoms with van der Waals surface area (Å²) in [5.74, 6) is -0.129. The summed E-state index contributed by atoms with van der Waals surface area (Å²) in [5, 5.41) is 7.02. The Kier molecular flexibility index (Phi) is 5.85. The lowest BCUT2D eigenvalue weighted by Gasteiger charge is -2.08. The molecule has 1 heterocycles. The summed E-state index contributed by atoms with van der Waals surface area (Å²) in [7, 11) is 1.57. The highest BCUT2D eigenvalue weighted by molar-refractivity contribution is 5.75. The van der Waals surface area contributed by atoms with E-state index in [2.05, 4.69) is 10.4 Å². The van der Waals surface area contributed by atoms with Crippen LogP contribution in [0.3, 0.4) is 0 Å². The zero-order valence-electron chi connectivity index (χ0n) is 12.5. The molecule has 0 spiro atoms. The van der Waals surface area contributed by atoms with Gasteiger partial charge in [0.15, 0.2) is 0 Å². The van der Waals surface area contributed by atoms with Crippen LogP contribution in [0.1, 0.15) is 6.42 Å². The van der Waals surface area contributed by atoms with E-state index < -0.39 is 0 Å². The number of amides is 1. The zero-order valence-corrected chi connectivity index (χ0v) is 12.5. The van der Waals surface area contributed by atoms with Crippen molar-refractivity contribution < 1.29 is 9.53 Å². The van der Waals surface area contributed by atoms with E-state index in [1.165, 1.54) is 10.7 Å². The lowest BCUT2D eigenvalue weighted by molar-refractivity contribution is -0.121. The smallest absolute Gasteiger partial charge is 0.266 e. The average Bonchev–Trinajstić information content (AvgIpc) is 2.55. The summed E-state index contributed by atoms with van der Waals surface area (Å²) in [6, 6.07) is 12.8. The minimum absolute atomic E-state index is 0.129. The Balaban J connectivity index is 2.02. The SMILES string of the molecule is COCCNC(=O)CCn1nc(-c2ccccc2)ccc1=O. The molecule has 0 aliphatic carbocycles. The predicted molar refractivity (Wildman–Crippen MR) is 83.4 cm³/mol. The number of carbonyl (C=O) groups is 1. The number of hydrogen-bond donors (Lipinski definition) is 1. The van der Waals surface area contributed by atoms with Gasteiger partial charge in [0.1, 0.15) is 0 Å². The van der Waals surface area contributed by atoms with Gasteiger partial charge in [-0.3, -0.25) is 9.59 Å². The number of carbonyl (C=O) groups excluding carboxylic acids is 1. The van der Waals surface area contributed by atoms with Gasteiger partial charge in [0.2, 0.25) is 5.91 Å². The molecule has 6 heteroatoms. The molecular formula is C16H19N3O3. The van der Waals surface area contributed by atoms with E-state index in [4.69, 9.17) is 4.74 Å². The molecule has 0 radical (unpaired) electrons. The van der Waals surface area contributed by atoms with E-state index >= 15 is 0 Å². The first-order valence-electron chi connectivity index (χ1n) is 7.10. The number of nitrogens with zero attached hydrogens (tertiary/aromatic N) is 2. The maximum Gasteiger partial charge on any atom is 0.266 e. The van der Waals surface area contributed by atoms with Crippen molar-refractivity contribution in [1.82, 2.24) is 15.1 Å². The molecule has 0 unspecified atom stereocenters. The van der Waals surface area contributed by atoms with Crippen LogP contribution in [-0.4, -0.2) is 35.9 Å². The molecule has 0 saturated carbocycles. The molecule has 1 N–H and O–H groups in total.